The molecule has 28 heavy (non-hydrogen) atoms. The number of nitrogens with zero attached hydrogens (tertiary/aromatic N) is 1. The molecule has 1 saturated carbocycles. The van der Waals surface area contributed by atoms with Crippen molar-refractivity contribution in [3.63, 3.8) is 0 Å². The van der Waals surface area contributed by atoms with Gasteiger partial charge in [-0.2, -0.15) is 13.2 Å². The van der Waals surface area contributed by atoms with Gasteiger partial charge in [0.15, 0.2) is 0 Å². The average Bonchev–Trinajstić information content (AvgIpc) is 3.45. The van der Waals surface area contributed by atoms with Gasteiger partial charge in [0, 0.05) is 11.4 Å². The molecule has 1 atom stereocenters. The first kappa shape index (κ1) is 19.0. The first-order valence-electron chi connectivity index (χ1n) is 9.03. The minimum atomic E-state index is -4.54. The molecule has 2 aromatic carbocycles. The Bertz CT molecular complexity index is 955. The second kappa shape index (κ2) is 6.62. The standard InChI is InChI=1S/C21H18ClF3N2O/c22-17-6-2-4-14(10-17)13-3-1-5-16(9-13)20(15-7-8-15)11-18(26)27(19(20)28)12-21(23,24)25/h1-6,9-10,15,26H,7-8,11-12H2. The van der Waals surface area contributed by atoms with Gasteiger partial charge in [0.25, 0.3) is 0 Å². The second-order valence-electron chi connectivity index (χ2n) is 7.47. The fourth-order valence-electron chi connectivity index (χ4n) is 4.15. The van der Waals surface area contributed by atoms with Crippen molar-refractivity contribution in [2.24, 2.45) is 5.92 Å². The van der Waals surface area contributed by atoms with Crippen molar-refractivity contribution in [1.82, 2.24) is 4.90 Å². The molecule has 146 valence electrons. The molecule has 1 amide bonds. The van der Waals surface area contributed by atoms with Gasteiger partial charge in [-0.15, -0.1) is 0 Å². The van der Waals surface area contributed by atoms with Crippen molar-refractivity contribution in [3.05, 3.63) is 59.1 Å². The lowest BCUT2D eigenvalue weighted by molar-refractivity contribution is -0.154. The molecule has 0 spiro atoms. The summed E-state index contributed by atoms with van der Waals surface area (Å²) >= 11 is 6.08. The molecule has 1 aliphatic heterocycles. The zero-order valence-electron chi connectivity index (χ0n) is 14.9. The van der Waals surface area contributed by atoms with Crippen molar-refractivity contribution < 1.29 is 18.0 Å². The molecule has 3 nitrogen and oxygen atoms in total. The van der Waals surface area contributed by atoms with Gasteiger partial charge in [0.2, 0.25) is 5.91 Å². The monoisotopic (exact) mass is 406 g/mol. The van der Waals surface area contributed by atoms with Crippen molar-refractivity contribution >= 4 is 23.3 Å². The van der Waals surface area contributed by atoms with Gasteiger partial charge < -0.3 is 0 Å². The maximum absolute atomic E-state index is 13.2. The largest absolute Gasteiger partial charge is 0.406 e. The third kappa shape index (κ3) is 3.30. The highest BCUT2D eigenvalue weighted by Gasteiger charge is 2.60. The van der Waals surface area contributed by atoms with Crippen LogP contribution in [0.15, 0.2) is 48.5 Å². The lowest BCUT2D eigenvalue weighted by Crippen LogP contribution is -2.43. The predicted octanol–water partition coefficient (Wildman–Crippen LogP) is 5.43. The molecule has 1 unspecified atom stereocenters. The number of hydrogen-bond acceptors (Lipinski definition) is 2. The van der Waals surface area contributed by atoms with Crippen LogP contribution in [0.5, 0.6) is 0 Å². The first-order valence-corrected chi connectivity index (χ1v) is 9.41. The lowest BCUT2D eigenvalue weighted by atomic mass is 9.74. The fourth-order valence-corrected chi connectivity index (χ4v) is 4.34. The maximum atomic E-state index is 13.2. The van der Waals surface area contributed by atoms with Crippen LogP contribution in [0.25, 0.3) is 11.1 Å². The molecule has 1 heterocycles. The summed E-state index contributed by atoms with van der Waals surface area (Å²) in [5.74, 6) is -0.906. The Morgan fingerprint density at radius 2 is 1.75 bits per heavy atom. The highest BCUT2D eigenvalue weighted by Crippen LogP contribution is 2.54. The number of halogens is 4. The summed E-state index contributed by atoms with van der Waals surface area (Å²) in [6.07, 6.45) is -2.98. The average molecular weight is 407 g/mol. The number of nitrogens with one attached hydrogen (secondary N) is 1. The minimum absolute atomic E-state index is 0.00553. The van der Waals surface area contributed by atoms with Gasteiger partial charge in [0.05, 0.1) is 5.41 Å². The van der Waals surface area contributed by atoms with Crippen molar-refractivity contribution in [2.45, 2.75) is 30.9 Å². The summed E-state index contributed by atoms with van der Waals surface area (Å²) in [5.41, 5.74) is 1.30. The Morgan fingerprint density at radius 1 is 1.11 bits per heavy atom. The van der Waals surface area contributed by atoms with Gasteiger partial charge >= 0.3 is 6.18 Å². The quantitative estimate of drug-likeness (QED) is 0.723. The van der Waals surface area contributed by atoms with Crippen LogP contribution in [-0.4, -0.2) is 29.4 Å². The lowest BCUT2D eigenvalue weighted by Gasteiger charge is -2.28. The summed E-state index contributed by atoms with van der Waals surface area (Å²) in [5, 5.41) is 8.65. The highest BCUT2D eigenvalue weighted by atomic mass is 35.5. The number of carbonyl (C=O) groups is 1. The van der Waals surface area contributed by atoms with Crippen molar-refractivity contribution in [1.29, 1.82) is 5.41 Å². The SMILES string of the molecule is N=C1CC(c2cccc(-c3cccc(Cl)c3)c2)(C2CC2)C(=O)N1CC(F)(F)F. The summed E-state index contributed by atoms with van der Waals surface area (Å²) < 4.78 is 38.8. The summed E-state index contributed by atoms with van der Waals surface area (Å²) in [6, 6.07) is 14.6. The number of amides is 1. The van der Waals surface area contributed by atoms with E-state index in [0.29, 0.717) is 15.5 Å². The van der Waals surface area contributed by atoms with Crippen LogP contribution in [0.2, 0.25) is 5.02 Å². The molecule has 1 saturated heterocycles. The summed E-state index contributed by atoms with van der Waals surface area (Å²) in [4.78, 5) is 13.8. The van der Waals surface area contributed by atoms with Crippen LogP contribution in [0.1, 0.15) is 24.8 Å². The Balaban J connectivity index is 1.76. The molecule has 1 N–H and O–H groups in total. The Hall–Kier alpha value is -2.34. The van der Waals surface area contributed by atoms with E-state index in [0.717, 1.165) is 24.0 Å². The van der Waals surface area contributed by atoms with E-state index in [1.807, 2.05) is 24.3 Å². The van der Waals surface area contributed by atoms with Crippen LogP contribution < -0.4 is 0 Å². The van der Waals surface area contributed by atoms with Crippen molar-refractivity contribution in [3.8, 4) is 11.1 Å². The first-order chi connectivity index (χ1) is 13.2. The highest BCUT2D eigenvalue weighted by molar-refractivity contribution is 6.30. The van der Waals surface area contributed by atoms with E-state index in [1.54, 1.807) is 24.3 Å². The fraction of sp³-hybridized carbons (Fsp3) is 0.333. The molecule has 1 aliphatic carbocycles. The third-order valence-corrected chi connectivity index (χ3v) is 5.78. The molecule has 7 heteroatoms. The van der Waals surface area contributed by atoms with Crippen LogP contribution in [0.3, 0.4) is 0 Å². The zero-order valence-corrected chi connectivity index (χ0v) is 15.6. The van der Waals surface area contributed by atoms with Crippen LogP contribution >= 0.6 is 11.6 Å². The Kier molecular flexibility index (Phi) is 4.49. The van der Waals surface area contributed by atoms with E-state index < -0.39 is 24.0 Å². The van der Waals surface area contributed by atoms with E-state index in [1.165, 1.54) is 0 Å². The third-order valence-electron chi connectivity index (χ3n) is 5.55. The smallest absolute Gasteiger partial charge is 0.291 e. The minimum Gasteiger partial charge on any atom is -0.291 e. The molecule has 2 fully saturated rings. The topological polar surface area (TPSA) is 44.2 Å². The van der Waals surface area contributed by atoms with E-state index in [9.17, 15) is 18.0 Å². The van der Waals surface area contributed by atoms with Gasteiger partial charge in [-0.1, -0.05) is 48.0 Å². The van der Waals surface area contributed by atoms with Crippen molar-refractivity contribution in [2.75, 3.05) is 6.54 Å². The van der Waals surface area contributed by atoms with Gasteiger partial charge in [-0.25, -0.2) is 0 Å². The number of alkyl halides is 3. The molecule has 0 radical (unpaired) electrons. The van der Waals surface area contributed by atoms with E-state index in [2.05, 4.69) is 0 Å². The summed E-state index contributed by atoms with van der Waals surface area (Å²) in [6.45, 7) is -1.41. The molecule has 0 aromatic heterocycles. The second-order valence-corrected chi connectivity index (χ2v) is 7.90. The number of carbonyl (C=O) groups excluding carboxylic acids is 1. The maximum Gasteiger partial charge on any atom is 0.406 e. The normalized spacial score (nSPS) is 22.8. The van der Waals surface area contributed by atoms with Crippen LogP contribution in [-0.2, 0) is 10.2 Å². The van der Waals surface area contributed by atoms with Gasteiger partial charge in [-0.3, -0.25) is 15.1 Å². The van der Waals surface area contributed by atoms with E-state index in [4.69, 9.17) is 17.0 Å². The number of likely N-dealkylation sites (tertiary alicyclic amines) is 1. The zero-order chi connectivity index (χ0) is 20.1. The van der Waals surface area contributed by atoms with Crippen LogP contribution in [0, 0.1) is 11.3 Å². The number of hydrogen-bond donors (Lipinski definition) is 1. The number of amidine groups is 1. The Morgan fingerprint density at radius 3 is 2.36 bits per heavy atom. The van der Waals surface area contributed by atoms with Crippen LogP contribution in [0.4, 0.5) is 13.2 Å². The molecule has 2 aliphatic rings. The molecular formula is C21H18ClF3N2O. The molecule has 4 rings (SSSR count). The van der Waals surface area contributed by atoms with Gasteiger partial charge in [-0.05, 0) is 47.6 Å². The molecule has 0 bridgehead atoms. The number of benzene rings is 2. The number of rotatable bonds is 4. The Labute approximate surface area is 165 Å². The molecule has 2 aromatic rings. The van der Waals surface area contributed by atoms with Gasteiger partial charge in [0.1, 0.15) is 12.4 Å². The summed E-state index contributed by atoms with van der Waals surface area (Å²) in [7, 11) is 0. The van der Waals surface area contributed by atoms with E-state index in [-0.39, 0.29) is 18.2 Å². The molecular weight excluding hydrogens is 389 g/mol. The van der Waals surface area contributed by atoms with E-state index >= 15 is 0 Å². The predicted molar refractivity (Wildman–Crippen MR) is 101 cm³/mol.